The number of rotatable bonds is 8. The van der Waals surface area contributed by atoms with Crippen LogP contribution in [0.25, 0.3) is 0 Å². The van der Waals surface area contributed by atoms with Crippen molar-refractivity contribution >= 4 is 27.6 Å². The normalized spacial score (nSPS) is 20.9. The van der Waals surface area contributed by atoms with E-state index in [0.717, 1.165) is 48.5 Å². The van der Waals surface area contributed by atoms with Crippen molar-refractivity contribution in [3.8, 4) is 5.75 Å². The highest BCUT2D eigenvalue weighted by Gasteiger charge is 2.36. The molecule has 3 N–H and O–H groups in total. The third-order valence-electron chi connectivity index (χ3n) is 7.84. The van der Waals surface area contributed by atoms with Crippen molar-refractivity contribution in [2.75, 3.05) is 32.1 Å². The summed E-state index contributed by atoms with van der Waals surface area (Å²) in [6.07, 6.45) is 4.32. The van der Waals surface area contributed by atoms with E-state index in [0.29, 0.717) is 0 Å². The predicted molar refractivity (Wildman–Crippen MR) is 153 cm³/mol. The van der Waals surface area contributed by atoms with E-state index in [9.17, 15) is 27.5 Å². The highest BCUT2D eigenvalue weighted by Crippen LogP contribution is 2.35. The number of amides is 3. The summed E-state index contributed by atoms with van der Waals surface area (Å²) < 4.78 is 47.5. The maximum atomic E-state index is 13.7. The fourth-order valence-corrected chi connectivity index (χ4v) is 6.47. The van der Waals surface area contributed by atoms with Gasteiger partial charge in [0.05, 0.1) is 35.3 Å². The number of sulfonamides is 1. The van der Waals surface area contributed by atoms with E-state index >= 15 is 0 Å². The molecule has 0 unspecified atom stereocenters. The van der Waals surface area contributed by atoms with Gasteiger partial charge in [-0.1, -0.05) is 32.3 Å². The third-order valence-corrected chi connectivity index (χ3v) is 9.68. The number of nitrogens with zero attached hydrogens (tertiary/aromatic N) is 2. The second-order valence-electron chi connectivity index (χ2n) is 11.0. The first-order chi connectivity index (χ1) is 19.5. The van der Waals surface area contributed by atoms with Crippen LogP contribution in [-0.4, -0.2) is 79.6 Å². The van der Waals surface area contributed by atoms with Crippen LogP contribution < -0.4 is 15.4 Å². The van der Waals surface area contributed by atoms with Gasteiger partial charge in [-0.15, -0.1) is 0 Å². The number of ether oxygens (including phenoxy) is 1. The number of aliphatic hydroxyl groups excluding tert-OH is 1. The Morgan fingerprint density at radius 3 is 2.51 bits per heavy atom. The van der Waals surface area contributed by atoms with Gasteiger partial charge in [-0.05, 0) is 56.2 Å². The number of nitrogens with one attached hydrogen (secondary N) is 2. The molecule has 0 radical (unpaired) electrons. The summed E-state index contributed by atoms with van der Waals surface area (Å²) in [6, 6.07) is 8.58. The van der Waals surface area contributed by atoms with E-state index in [2.05, 4.69) is 10.6 Å². The minimum absolute atomic E-state index is 0.0623. The summed E-state index contributed by atoms with van der Waals surface area (Å²) in [5.74, 6) is -1.14. The smallest absolute Gasteiger partial charge is 0.319 e. The molecule has 1 saturated carbocycles. The molecule has 2 aromatic rings. The van der Waals surface area contributed by atoms with Gasteiger partial charge >= 0.3 is 6.03 Å². The lowest BCUT2D eigenvalue weighted by atomic mass is 9.96. The van der Waals surface area contributed by atoms with Crippen LogP contribution in [0, 0.1) is 11.7 Å². The lowest BCUT2D eigenvalue weighted by Crippen LogP contribution is -2.50. The second kappa shape index (κ2) is 13.2. The molecule has 4 rings (SSSR count). The van der Waals surface area contributed by atoms with Crippen LogP contribution in [0.5, 0.6) is 5.75 Å². The molecule has 1 aliphatic heterocycles. The van der Waals surface area contributed by atoms with Crippen molar-refractivity contribution in [3.05, 3.63) is 53.8 Å². The van der Waals surface area contributed by atoms with Crippen molar-refractivity contribution in [1.29, 1.82) is 0 Å². The molecule has 12 heteroatoms. The summed E-state index contributed by atoms with van der Waals surface area (Å²) in [4.78, 5) is 28.1. The molecule has 3 atom stereocenters. The van der Waals surface area contributed by atoms with Crippen LogP contribution in [0.15, 0.2) is 47.4 Å². The Bertz CT molecular complexity index is 1330. The minimum atomic E-state index is -3.98. The number of hydrogen-bond donors (Lipinski definition) is 3. The maximum Gasteiger partial charge on any atom is 0.319 e. The van der Waals surface area contributed by atoms with Gasteiger partial charge in [0.2, 0.25) is 10.0 Å². The first-order valence-electron chi connectivity index (χ1n) is 14.0. The number of carbonyl (C=O) groups is 2. The predicted octanol–water partition coefficient (Wildman–Crippen LogP) is 3.82. The average molecular weight is 591 g/mol. The lowest BCUT2D eigenvalue weighted by molar-refractivity contribution is 0.0389. The van der Waals surface area contributed by atoms with Crippen molar-refractivity contribution in [2.24, 2.45) is 5.92 Å². The molecular weight excluding hydrogens is 551 g/mol. The van der Waals surface area contributed by atoms with Gasteiger partial charge in [0, 0.05) is 25.6 Å². The number of halogens is 1. The summed E-state index contributed by atoms with van der Waals surface area (Å²) in [5, 5.41) is 15.7. The van der Waals surface area contributed by atoms with Gasteiger partial charge in [-0.2, -0.15) is 4.31 Å². The number of carbonyl (C=O) groups excluding carboxylic acids is 2. The van der Waals surface area contributed by atoms with Gasteiger partial charge in [-0.25, -0.2) is 17.6 Å². The summed E-state index contributed by atoms with van der Waals surface area (Å²) in [6.45, 7) is 3.42. The van der Waals surface area contributed by atoms with Crippen LogP contribution in [0.1, 0.15) is 56.3 Å². The first-order valence-corrected chi connectivity index (χ1v) is 15.5. The molecule has 10 nitrogen and oxygen atoms in total. The summed E-state index contributed by atoms with van der Waals surface area (Å²) >= 11 is 0. The van der Waals surface area contributed by atoms with Gasteiger partial charge in [0.15, 0.2) is 5.75 Å². The van der Waals surface area contributed by atoms with Gasteiger partial charge < -0.3 is 25.4 Å². The molecule has 41 heavy (non-hydrogen) atoms. The van der Waals surface area contributed by atoms with Crippen LogP contribution >= 0.6 is 0 Å². The molecule has 0 saturated heterocycles. The van der Waals surface area contributed by atoms with Crippen LogP contribution in [0.2, 0.25) is 0 Å². The van der Waals surface area contributed by atoms with Crippen LogP contribution in [0.4, 0.5) is 14.9 Å². The maximum absolute atomic E-state index is 13.7. The summed E-state index contributed by atoms with van der Waals surface area (Å²) in [5.41, 5.74) is 0.477. The Morgan fingerprint density at radius 1 is 1.17 bits per heavy atom. The molecule has 224 valence electrons. The molecular formula is C29H39FN4O6S. The van der Waals surface area contributed by atoms with Gasteiger partial charge in [0.25, 0.3) is 5.91 Å². The highest BCUT2D eigenvalue weighted by atomic mass is 32.2. The molecule has 2 aliphatic rings. The Hall–Kier alpha value is -3.22. The number of anilines is 1. The Morgan fingerprint density at radius 2 is 1.85 bits per heavy atom. The number of hydrogen-bond acceptors (Lipinski definition) is 6. The molecule has 0 spiro atoms. The van der Waals surface area contributed by atoms with Crippen LogP contribution in [-0.2, 0) is 10.0 Å². The Labute approximate surface area is 240 Å². The van der Waals surface area contributed by atoms with Crippen molar-refractivity contribution in [1.82, 2.24) is 14.5 Å². The monoisotopic (exact) mass is 590 g/mol. The zero-order valence-electron chi connectivity index (χ0n) is 23.7. The van der Waals surface area contributed by atoms with Crippen molar-refractivity contribution in [3.63, 3.8) is 0 Å². The Balaban J connectivity index is 1.65. The minimum Gasteiger partial charge on any atom is -0.486 e. The fraction of sp³-hybridized carbons (Fsp3) is 0.517. The molecule has 2 aromatic carbocycles. The molecule has 1 fully saturated rings. The quantitative estimate of drug-likeness (QED) is 0.429. The van der Waals surface area contributed by atoms with E-state index in [1.807, 2.05) is 6.92 Å². The molecule has 0 aromatic heterocycles. The van der Waals surface area contributed by atoms with E-state index in [-0.39, 0.29) is 59.5 Å². The average Bonchev–Trinajstić information content (AvgIpc) is 2.95. The number of para-hydroxylation sites is 1. The zero-order valence-corrected chi connectivity index (χ0v) is 24.5. The highest BCUT2D eigenvalue weighted by molar-refractivity contribution is 7.89. The van der Waals surface area contributed by atoms with E-state index in [1.165, 1.54) is 19.2 Å². The van der Waals surface area contributed by atoms with Crippen molar-refractivity contribution < 1.29 is 32.2 Å². The summed E-state index contributed by atoms with van der Waals surface area (Å²) in [7, 11) is -2.57. The van der Waals surface area contributed by atoms with E-state index in [4.69, 9.17) is 4.74 Å². The number of likely N-dealkylation sites (N-methyl/N-ethyl adjacent to an activating group) is 1. The second-order valence-corrected chi connectivity index (χ2v) is 13.0. The molecule has 3 amide bonds. The number of benzene rings is 2. The van der Waals surface area contributed by atoms with Gasteiger partial charge in [-0.3, -0.25) is 4.79 Å². The standard InChI is InChI=1S/C29H39FN4O6S/c1-19-16-34(20(2)18-35)28(36)24-10-7-11-25(32-29(37)31-22-8-5-4-6-9-22)27(24)40-26(19)17-33(3)41(38,39)23-14-12-21(30)13-15-23/h7,10-15,19-20,22,26,35H,4-6,8-9,16-18H2,1-3H3,(H2,31,32,37)/t19-,20-,26+/m1/s1. The Kier molecular flexibility index (Phi) is 9.88. The number of urea groups is 1. The number of fused-ring (bicyclic) bond motifs is 1. The largest absolute Gasteiger partial charge is 0.486 e. The molecule has 1 heterocycles. The van der Waals surface area contributed by atoms with Crippen molar-refractivity contribution in [2.45, 2.75) is 69.0 Å². The molecule has 0 bridgehead atoms. The zero-order chi connectivity index (χ0) is 29.7. The van der Waals surface area contributed by atoms with Gasteiger partial charge in [0.1, 0.15) is 11.9 Å². The number of aliphatic hydroxyl groups is 1. The lowest BCUT2D eigenvalue weighted by Gasteiger charge is -2.38. The van der Waals surface area contributed by atoms with E-state index < -0.39 is 34.0 Å². The SMILES string of the molecule is C[C@@H]1CN([C@H](C)CO)C(=O)c2cccc(NC(=O)NC3CCCCC3)c2O[C@H]1CN(C)S(=O)(=O)c1ccc(F)cc1. The third kappa shape index (κ3) is 7.17. The molecule has 1 aliphatic carbocycles. The van der Waals surface area contributed by atoms with Crippen LogP contribution in [0.3, 0.4) is 0 Å². The first kappa shape index (κ1) is 30.7. The fourth-order valence-electron chi connectivity index (χ4n) is 5.29. The van der Waals surface area contributed by atoms with E-state index in [1.54, 1.807) is 30.0 Å². The topological polar surface area (TPSA) is 128 Å².